The lowest BCUT2D eigenvalue weighted by atomic mass is 10.1. The molecule has 0 rings (SSSR count). The Labute approximate surface area is 450 Å². The number of hydrogen-bond donors (Lipinski definition) is 0. The minimum Gasteiger partial charge on any atom is -0.462 e. The Bertz CT molecular complexity index is 1540. The van der Waals surface area contributed by atoms with E-state index in [9.17, 15) is 14.4 Å². The van der Waals surface area contributed by atoms with Crippen LogP contribution in [-0.4, -0.2) is 37.2 Å². The van der Waals surface area contributed by atoms with Gasteiger partial charge in [0.1, 0.15) is 13.2 Å². The van der Waals surface area contributed by atoms with Crippen LogP contribution in [0.25, 0.3) is 0 Å². The summed E-state index contributed by atoms with van der Waals surface area (Å²) in [5, 5.41) is 0. The maximum absolute atomic E-state index is 12.9. The molecule has 0 aromatic rings. The second-order valence-corrected chi connectivity index (χ2v) is 19.5. The molecule has 1 atom stereocenters. The molecule has 0 spiro atoms. The predicted octanol–water partition coefficient (Wildman–Crippen LogP) is 20.4. The number of carbonyl (C=O) groups excluding carboxylic acids is 3. The Morgan fingerprint density at radius 3 is 0.890 bits per heavy atom. The lowest BCUT2D eigenvalue weighted by Crippen LogP contribution is -2.30. The van der Waals surface area contributed by atoms with E-state index in [1.165, 1.54) is 109 Å². The number of ether oxygens (including phenoxy) is 3. The van der Waals surface area contributed by atoms with Crippen molar-refractivity contribution in [2.24, 2.45) is 0 Å². The van der Waals surface area contributed by atoms with Crippen LogP contribution in [0.15, 0.2) is 122 Å². The topological polar surface area (TPSA) is 78.9 Å². The van der Waals surface area contributed by atoms with E-state index >= 15 is 0 Å². The largest absolute Gasteiger partial charge is 0.462 e. The average Bonchev–Trinajstić information content (AvgIpc) is 3.39. The van der Waals surface area contributed by atoms with Crippen LogP contribution >= 0.6 is 0 Å². The van der Waals surface area contributed by atoms with Crippen molar-refractivity contribution in [1.29, 1.82) is 0 Å². The SMILES string of the molecule is CC/C=C\C/C=C\C/C=C\C/C=C\C/C=C\CCCC(=O)OC[C@H](COC(=O)CCCCCCCCCCC/C=C\C/C=C\CCCCC)OC(=O)CCCCCCCC/C=C\C/C=C\C/C=C\CCCCC. The number of carbonyl (C=O) groups is 3. The Morgan fingerprint density at radius 1 is 0.288 bits per heavy atom. The van der Waals surface area contributed by atoms with Crippen LogP contribution in [0.2, 0.25) is 0 Å². The van der Waals surface area contributed by atoms with Gasteiger partial charge in [-0.25, -0.2) is 0 Å². The summed E-state index contributed by atoms with van der Waals surface area (Å²) in [7, 11) is 0. The standard InChI is InChI=1S/C67H110O6/c1-4-7-10-13-16-19-22-25-28-31-33-36-39-42-45-48-51-54-57-60-66(69)72-63-64(62-71-65(68)59-56-53-50-47-44-41-38-35-30-27-24-21-18-15-12-9-6-3)73-67(70)61-58-55-52-49-46-43-40-37-34-32-29-26-23-20-17-14-11-8-5-2/h9,12,16-21,25-30,34,37-38,41,47,50,64H,4-8,10-11,13-15,22-24,31-33,35-36,39-40,42-46,48-49,51-63H2,1-3H3/b12-9-,19-16-,20-17-,21-18-,28-25-,29-26-,30-27-,37-34-,41-38-,50-47-/t64-/m1/s1. The Balaban J connectivity index is 4.51. The quantitative estimate of drug-likeness (QED) is 0.0261. The number of unbranched alkanes of at least 4 members (excludes halogenated alkanes) is 22. The molecule has 6 nitrogen and oxygen atoms in total. The molecule has 0 radical (unpaired) electrons. The highest BCUT2D eigenvalue weighted by molar-refractivity contribution is 5.71. The minimum absolute atomic E-state index is 0.106. The van der Waals surface area contributed by atoms with Crippen molar-refractivity contribution in [3.05, 3.63) is 122 Å². The Morgan fingerprint density at radius 2 is 0.548 bits per heavy atom. The van der Waals surface area contributed by atoms with Crippen molar-refractivity contribution in [2.75, 3.05) is 13.2 Å². The molecule has 0 fully saturated rings. The third kappa shape index (κ3) is 58.6. The summed E-state index contributed by atoms with van der Waals surface area (Å²) in [6, 6.07) is 0. The molecule has 0 N–H and O–H groups in total. The van der Waals surface area contributed by atoms with Gasteiger partial charge >= 0.3 is 17.9 Å². The van der Waals surface area contributed by atoms with Crippen molar-refractivity contribution in [3.63, 3.8) is 0 Å². The Kier molecular flexibility index (Phi) is 56.9. The van der Waals surface area contributed by atoms with Gasteiger partial charge in [0.05, 0.1) is 0 Å². The van der Waals surface area contributed by atoms with Gasteiger partial charge < -0.3 is 14.2 Å². The predicted molar refractivity (Wildman–Crippen MR) is 316 cm³/mol. The summed E-state index contributed by atoms with van der Waals surface area (Å²) in [4.78, 5) is 38.2. The Hall–Kier alpha value is -4.19. The van der Waals surface area contributed by atoms with E-state index in [0.717, 1.165) is 109 Å². The van der Waals surface area contributed by atoms with Gasteiger partial charge in [0.15, 0.2) is 6.10 Å². The molecular formula is C67H110O6. The smallest absolute Gasteiger partial charge is 0.306 e. The van der Waals surface area contributed by atoms with E-state index in [1.807, 2.05) is 0 Å². The van der Waals surface area contributed by atoms with Gasteiger partial charge in [-0.2, -0.15) is 0 Å². The maximum Gasteiger partial charge on any atom is 0.306 e. The molecule has 0 aliphatic carbocycles. The monoisotopic (exact) mass is 1010 g/mol. The fourth-order valence-electron chi connectivity index (χ4n) is 7.93. The van der Waals surface area contributed by atoms with Crippen molar-refractivity contribution in [1.82, 2.24) is 0 Å². The fourth-order valence-corrected chi connectivity index (χ4v) is 7.93. The van der Waals surface area contributed by atoms with Gasteiger partial charge in [-0.3, -0.25) is 14.4 Å². The summed E-state index contributed by atoms with van der Waals surface area (Å²) >= 11 is 0. The van der Waals surface area contributed by atoms with Crippen LogP contribution in [0.4, 0.5) is 0 Å². The molecule has 0 bridgehead atoms. The van der Waals surface area contributed by atoms with E-state index in [-0.39, 0.29) is 37.5 Å². The van der Waals surface area contributed by atoms with Crippen molar-refractivity contribution in [3.8, 4) is 0 Å². The van der Waals surface area contributed by atoms with Crippen LogP contribution in [-0.2, 0) is 28.6 Å². The van der Waals surface area contributed by atoms with Gasteiger partial charge in [0.2, 0.25) is 0 Å². The number of hydrogen-bond acceptors (Lipinski definition) is 6. The molecular weight excluding hydrogens is 901 g/mol. The molecule has 0 aromatic carbocycles. The summed E-state index contributed by atoms with van der Waals surface area (Å²) < 4.78 is 16.8. The molecule has 0 aliphatic heterocycles. The van der Waals surface area contributed by atoms with Gasteiger partial charge in [0.25, 0.3) is 0 Å². The highest BCUT2D eigenvalue weighted by Gasteiger charge is 2.19. The summed E-state index contributed by atoms with van der Waals surface area (Å²) in [5.41, 5.74) is 0. The number of allylic oxidation sites excluding steroid dienone is 20. The highest BCUT2D eigenvalue weighted by Crippen LogP contribution is 2.14. The lowest BCUT2D eigenvalue weighted by Gasteiger charge is -2.18. The summed E-state index contributed by atoms with van der Waals surface area (Å²) in [5.74, 6) is -0.983. The summed E-state index contributed by atoms with van der Waals surface area (Å²) in [6.45, 7) is 6.42. The van der Waals surface area contributed by atoms with Gasteiger partial charge in [-0.15, -0.1) is 0 Å². The maximum atomic E-state index is 12.9. The van der Waals surface area contributed by atoms with Crippen molar-refractivity contribution >= 4 is 17.9 Å². The van der Waals surface area contributed by atoms with E-state index < -0.39 is 6.10 Å². The first-order valence-corrected chi connectivity index (χ1v) is 30.0. The molecule has 0 unspecified atom stereocenters. The highest BCUT2D eigenvalue weighted by atomic mass is 16.6. The first kappa shape index (κ1) is 68.8. The molecule has 73 heavy (non-hydrogen) atoms. The van der Waals surface area contributed by atoms with E-state index in [4.69, 9.17) is 14.2 Å². The molecule has 0 aliphatic rings. The van der Waals surface area contributed by atoms with E-state index in [1.54, 1.807) is 0 Å². The molecule has 0 amide bonds. The van der Waals surface area contributed by atoms with Crippen LogP contribution in [0.1, 0.15) is 265 Å². The average molecular weight is 1010 g/mol. The van der Waals surface area contributed by atoms with Gasteiger partial charge in [-0.1, -0.05) is 239 Å². The van der Waals surface area contributed by atoms with E-state index in [2.05, 4.69) is 142 Å². The molecule has 0 saturated heterocycles. The van der Waals surface area contributed by atoms with Crippen molar-refractivity contribution < 1.29 is 28.6 Å². The number of rotatable bonds is 53. The third-order valence-corrected chi connectivity index (χ3v) is 12.4. The second-order valence-electron chi connectivity index (χ2n) is 19.5. The van der Waals surface area contributed by atoms with Crippen LogP contribution in [0, 0.1) is 0 Å². The molecule has 0 saturated carbocycles. The zero-order valence-electron chi connectivity index (χ0n) is 47.4. The molecule has 6 heteroatoms. The van der Waals surface area contributed by atoms with Crippen LogP contribution < -0.4 is 0 Å². The summed E-state index contributed by atoms with van der Waals surface area (Å²) in [6.07, 6.45) is 83.3. The first-order chi connectivity index (χ1) is 36.0. The molecule has 414 valence electrons. The van der Waals surface area contributed by atoms with Crippen LogP contribution in [0.5, 0.6) is 0 Å². The lowest BCUT2D eigenvalue weighted by molar-refractivity contribution is -0.167. The van der Waals surface area contributed by atoms with Crippen molar-refractivity contribution in [2.45, 2.75) is 271 Å². The molecule has 0 heterocycles. The van der Waals surface area contributed by atoms with Gasteiger partial charge in [0, 0.05) is 19.3 Å². The molecule has 0 aromatic heterocycles. The van der Waals surface area contributed by atoms with E-state index in [0.29, 0.717) is 19.3 Å². The first-order valence-electron chi connectivity index (χ1n) is 30.0. The second kappa shape index (κ2) is 60.4. The third-order valence-electron chi connectivity index (χ3n) is 12.4. The zero-order valence-corrected chi connectivity index (χ0v) is 47.4. The van der Waals surface area contributed by atoms with Gasteiger partial charge in [-0.05, 0) is 128 Å². The zero-order chi connectivity index (χ0) is 52.9. The van der Waals surface area contributed by atoms with Crippen LogP contribution in [0.3, 0.4) is 0 Å². The normalized spacial score (nSPS) is 13.0. The fraction of sp³-hybridized carbons (Fsp3) is 0.657. The number of esters is 3. The minimum atomic E-state index is -0.814.